The van der Waals surface area contributed by atoms with Crippen molar-refractivity contribution in [3.63, 3.8) is 0 Å². The van der Waals surface area contributed by atoms with E-state index >= 15 is 0 Å². The Morgan fingerprint density at radius 2 is 1.73 bits per heavy atom. The molecule has 1 N–H and O–H groups in total. The van der Waals surface area contributed by atoms with E-state index < -0.39 is 45.6 Å². The van der Waals surface area contributed by atoms with Gasteiger partial charge >= 0.3 is 6.18 Å². The smallest absolute Gasteiger partial charge is 0.351 e. The monoisotopic (exact) mass is 538 g/mol. The van der Waals surface area contributed by atoms with Gasteiger partial charge in [0.25, 0.3) is 0 Å². The number of fused-ring (bicyclic) bond motifs is 1. The maximum Gasteiger partial charge on any atom is 0.451 e. The van der Waals surface area contributed by atoms with Gasteiger partial charge in [0, 0.05) is 36.6 Å². The third-order valence-electron chi connectivity index (χ3n) is 6.51. The van der Waals surface area contributed by atoms with Gasteiger partial charge in [0.1, 0.15) is 17.7 Å². The molecular weight excluding hydrogens is 519 g/mol. The van der Waals surface area contributed by atoms with Gasteiger partial charge in [0.15, 0.2) is 0 Å². The summed E-state index contributed by atoms with van der Waals surface area (Å²) in [7, 11) is -4.04. The highest BCUT2D eigenvalue weighted by molar-refractivity contribution is 7.89. The quantitative estimate of drug-likeness (QED) is 0.483. The molecule has 1 aliphatic heterocycles. The van der Waals surface area contributed by atoms with Gasteiger partial charge in [-0.2, -0.15) is 17.5 Å². The first kappa shape index (κ1) is 25.2. The number of benzene rings is 2. The molecule has 1 aliphatic carbocycles. The Morgan fingerprint density at radius 1 is 1.05 bits per heavy atom. The van der Waals surface area contributed by atoms with Crippen LogP contribution >= 0.6 is 0 Å². The zero-order valence-corrected chi connectivity index (χ0v) is 19.7. The third kappa shape index (κ3) is 4.92. The van der Waals surface area contributed by atoms with E-state index in [-0.39, 0.29) is 40.9 Å². The molecule has 0 spiro atoms. The second-order valence-corrected chi connectivity index (χ2v) is 10.8. The highest BCUT2D eigenvalue weighted by atomic mass is 32.2. The predicted molar refractivity (Wildman–Crippen MR) is 120 cm³/mol. The van der Waals surface area contributed by atoms with Gasteiger partial charge < -0.3 is 5.32 Å². The fourth-order valence-electron chi connectivity index (χ4n) is 4.55. The van der Waals surface area contributed by atoms with Gasteiger partial charge in [-0.05, 0) is 60.2 Å². The number of amides is 1. The second-order valence-electron chi connectivity index (χ2n) is 8.96. The van der Waals surface area contributed by atoms with Gasteiger partial charge in [-0.15, -0.1) is 0 Å². The van der Waals surface area contributed by atoms with Crippen molar-refractivity contribution in [2.45, 2.75) is 30.1 Å². The topological polar surface area (TPSA) is 92.3 Å². The molecule has 2 aromatic carbocycles. The molecular formula is C24H19F5N4O3S. The van der Waals surface area contributed by atoms with E-state index in [1.807, 2.05) is 0 Å². The number of carbonyl (C=O) groups is 1. The zero-order chi connectivity index (χ0) is 26.5. The molecule has 3 aromatic rings. The fraction of sp³-hybridized carbons (Fsp3) is 0.292. The Kier molecular flexibility index (Phi) is 6.23. The normalized spacial score (nSPS) is 21.5. The van der Waals surface area contributed by atoms with Crippen LogP contribution in [-0.4, -0.2) is 41.2 Å². The molecule has 0 radical (unpaired) electrons. The van der Waals surface area contributed by atoms with Crippen molar-refractivity contribution in [3.05, 3.63) is 77.9 Å². The van der Waals surface area contributed by atoms with Crippen LogP contribution in [0.15, 0.2) is 59.8 Å². The van der Waals surface area contributed by atoms with Gasteiger partial charge in [0.2, 0.25) is 21.8 Å². The molecule has 0 unspecified atom stereocenters. The van der Waals surface area contributed by atoms with Crippen molar-refractivity contribution < 1.29 is 35.2 Å². The molecule has 5 rings (SSSR count). The van der Waals surface area contributed by atoms with Crippen molar-refractivity contribution in [1.82, 2.24) is 19.6 Å². The molecule has 3 atom stereocenters. The summed E-state index contributed by atoms with van der Waals surface area (Å²) < 4.78 is 93.2. The number of sulfonamides is 1. The van der Waals surface area contributed by atoms with Crippen molar-refractivity contribution in [3.8, 4) is 11.1 Å². The lowest BCUT2D eigenvalue weighted by atomic mass is 10.0. The molecule has 2 aliphatic rings. The molecule has 1 aromatic heterocycles. The number of rotatable bonds is 6. The number of hydrogen-bond donors (Lipinski definition) is 1. The number of halogens is 5. The molecule has 13 heteroatoms. The van der Waals surface area contributed by atoms with Crippen LogP contribution < -0.4 is 5.32 Å². The summed E-state index contributed by atoms with van der Waals surface area (Å²) in [6, 6.07) is 7.27. The van der Waals surface area contributed by atoms with Crippen LogP contribution in [0.3, 0.4) is 0 Å². The Labute approximate surface area is 208 Å². The summed E-state index contributed by atoms with van der Waals surface area (Å²) >= 11 is 0. The molecule has 37 heavy (non-hydrogen) atoms. The number of carbonyl (C=O) groups excluding carboxylic acids is 1. The van der Waals surface area contributed by atoms with E-state index in [0.717, 1.165) is 47.0 Å². The van der Waals surface area contributed by atoms with E-state index in [4.69, 9.17) is 0 Å². The average molecular weight is 538 g/mol. The fourth-order valence-corrected chi connectivity index (χ4v) is 6.24. The van der Waals surface area contributed by atoms with Gasteiger partial charge in [-0.3, -0.25) is 4.79 Å². The van der Waals surface area contributed by atoms with Gasteiger partial charge in [-0.1, -0.05) is 6.07 Å². The van der Waals surface area contributed by atoms with Crippen LogP contribution in [-0.2, 0) is 27.5 Å². The SMILES string of the molecule is O=C(NCc1ccc(F)c(-c2cnc(C(F)(F)F)nc2)c1)[C@H]1[C@@H]2C[C@@H]2CN1S(=O)(=O)c1ccc(F)cc1. The zero-order valence-electron chi connectivity index (χ0n) is 18.9. The highest BCUT2D eigenvalue weighted by Crippen LogP contribution is 2.51. The average Bonchev–Trinajstić information content (AvgIpc) is 3.52. The van der Waals surface area contributed by atoms with E-state index in [9.17, 15) is 35.2 Å². The third-order valence-corrected chi connectivity index (χ3v) is 8.37. The first-order chi connectivity index (χ1) is 17.4. The largest absolute Gasteiger partial charge is 0.451 e. The number of nitrogens with one attached hydrogen (secondary N) is 1. The van der Waals surface area contributed by atoms with Gasteiger partial charge in [-0.25, -0.2) is 27.2 Å². The molecule has 2 heterocycles. The molecule has 1 saturated heterocycles. The number of alkyl halides is 3. The number of aromatic nitrogens is 2. The lowest BCUT2D eigenvalue weighted by Gasteiger charge is -2.26. The minimum absolute atomic E-state index is 0.0202. The Balaban J connectivity index is 1.31. The Morgan fingerprint density at radius 3 is 2.38 bits per heavy atom. The van der Waals surface area contributed by atoms with Crippen LogP contribution in [0.4, 0.5) is 22.0 Å². The standard InChI is InChI=1S/C24H19F5N4O3S/c25-16-2-4-17(5-3-16)37(35,36)33-12-14-8-19(14)21(33)22(34)30-9-13-1-6-20(26)18(7-13)15-10-31-23(32-11-15)24(27,28)29/h1-7,10-11,14,19,21H,8-9,12H2,(H,30,34)/t14-,19-,21-/m1/s1. The minimum Gasteiger partial charge on any atom is -0.351 e. The summed E-state index contributed by atoms with van der Waals surface area (Å²) in [6.07, 6.45) is -2.30. The highest BCUT2D eigenvalue weighted by Gasteiger charge is 2.58. The van der Waals surface area contributed by atoms with Crippen LogP contribution in [0, 0.1) is 23.5 Å². The van der Waals surface area contributed by atoms with Crippen LogP contribution in [0.2, 0.25) is 0 Å². The van der Waals surface area contributed by atoms with E-state index in [1.54, 1.807) is 0 Å². The van der Waals surface area contributed by atoms with Crippen molar-refractivity contribution in [1.29, 1.82) is 0 Å². The lowest BCUT2D eigenvalue weighted by molar-refractivity contribution is -0.145. The predicted octanol–water partition coefficient (Wildman–Crippen LogP) is 3.77. The van der Waals surface area contributed by atoms with Crippen molar-refractivity contribution >= 4 is 15.9 Å². The van der Waals surface area contributed by atoms with E-state index in [1.165, 1.54) is 12.1 Å². The van der Waals surface area contributed by atoms with Crippen LogP contribution in [0.25, 0.3) is 11.1 Å². The van der Waals surface area contributed by atoms with Crippen LogP contribution in [0.1, 0.15) is 17.8 Å². The summed E-state index contributed by atoms with van der Waals surface area (Å²) in [5, 5.41) is 2.68. The molecule has 194 valence electrons. The Bertz CT molecular complexity index is 1450. The molecule has 2 fully saturated rings. The van der Waals surface area contributed by atoms with E-state index in [2.05, 4.69) is 15.3 Å². The first-order valence-electron chi connectivity index (χ1n) is 11.2. The summed E-state index contributed by atoms with van der Waals surface area (Å²) in [5.74, 6) is -3.26. The first-order valence-corrected chi connectivity index (χ1v) is 12.6. The lowest BCUT2D eigenvalue weighted by Crippen LogP contribution is -2.48. The van der Waals surface area contributed by atoms with Crippen molar-refractivity contribution in [2.24, 2.45) is 11.8 Å². The molecule has 0 bridgehead atoms. The minimum atomic E-state index is -4.73. The number of hydrogen-bond acceptors (Lipinski definition) is 5. The summed E-state index contributed by atoms with van der Waals surface area (Å²) in [4.78, 5) is 19.4. The molecule has 1 saturated carbocycles. The van der Waals surface area contributed by atoms with Gasteiger partial charge in [0.05, 0.1) is 4.90 Å². The maximum atomic E-state index is 14.4. The number of nitrogens with zero attached hydrogens (tertiary/aromatic N) is 3. The van der Waals surface area contributed by atoms with E-state index in [0.29, 0.717) is 12.0 Å². The number of piperidine rings is 1. The molecule has 7 nitrogen and oxygen atoms in total. The molecule has 1 amide bonds. The maximum absolute atomic E-state index is 14.4. The Hall–Kier alpha value is -3.45. The van der Waals surface area contributed by atoms with Crippen molar-refractivity contribution in [2.75, 3.05) is 6.54 Å². The summed E-state index contributed by atoms with van der Waals surface area (Å²) in [6.45, 7) is 0.100. The second kappa shape index (κ2) is 9.14. The van der Waals surface area contributed by atoms with Crippen LogP contribution in [0.5, 0.6) is 0 Å². The summed E-state index contributed by atoms with van der Waals surface area (Å²) in [5.41, 5.74) is 0.402.